The second kappa shape index (κ2) is 8.30. The number of rotatable bonds is 2. The van der Waals surface area contributed by atoms with E-state index in [1.54, 1.807) is 0 Å². The third-order valence-electron chi connectivity index (χ3n) is 8.96. The largest absolute Gasteiger partial charge is 0.309 e. The van der Waals surface area contributed by atoms with Gasteiger partial charge in [0.1, 0.15) is 5.65 Å². The van der Waals surface area contributed by atoms with E-state index in [4.69, 9.17) is 4.98 Å². The normalized spacial score (nSPS) is 12.2. The summed E-state index contributed by atoms with van der Waals surface area (Å²) >= 11 is 0. The van der Waals surface area contributed by atoms with Crippen molar-refractivity contribution in [3.63, 3.8) is 0 Å². The van der Waals surface area contributed by atoms with Gasteiger partial charge in [0, 0.05) is 62.3 Å². The van der Waals surface area contributed by atoms with E-state index >= 15 is 0 Å². The number of para-hydroxylation sites is 3. The van der Waals surface area contributed by atoms with Gasteiger partial charge in [0.2, 0.25) is 0 Å². The van der Waals surface area contributed by atoms with Crippen LogP contribution in [0.1, 0.15) is 0 Å². The van der Waals surface area contributed by atoms with E-state index in [-0.39, 0.29) is 0 Å². The molecule has 0 atom stereocenters. The minimum absolute atomic E-state index is 0.939. The van der Waals surface area contributed by atoms with Crippen molar-refractivity contribution in [3.05, 3.63) is 140 Å². The maximum absolute atomic E-state index is 4.83. The molecule has 5 nitrogen and oxygen atoms in total. The molecule has 5 heteroatoms. The van der Waals surface area contributed by atoms with Crippen LogP contribution in [0.25, 0.3) is 82.3 Å². The second-order valence-electron chi connectivity index (χ2n) is 11.1. The fourth-order valence-corrected chi connectivity index (χ4v) is 7.21. The SMILES string of the molecule is c1ccc(-n2c3cc4c5ccncc5n5ccnc5c4cc3c3c2ccc2c4ccccc4n(-c4ccccc4)c23)cc1. The van der Waals surface area contributed by atoms with E-state index in [0.717, 1.165) is 33.3 Å². The summed E-state index contributed by atoms with van der Waals surface area (Å²) in [5.74, 6) is 0. The quantitative estimate of drug-likeness (QED) is 0.202. The third kappa shape index (κ3) is 2.95. The average molecular weight is 550 g/mol. The van der Waals surface area contributed by atoms with Gasteiger partial charge < -0.3 is 9.13 Å². The molecule has 0 spiro atoms. The Kier molecular flexibility index (Phi) is 4.39. The van der Waals surface area contributed by atoms with E-state index < -0.39 is 0 Å². The number of benzene rings is 5. The Hall–Kier alpha value is -5.94. The number of hydrogen-bond donors (Lipinski definition) is 0. The minimum atomic E-state index is 0.939. The number of imidazole rings is 1. The van der Waals surface area contributed by atoms with Crippen molar-refractivity contribution in [2.24, 2.45) is 0 Å². The molecule has 0 aliphatic heterocycles. The summed E-state index contributed by atoms with van der Waals surface area (Å²) in [4.78, 5) is 9.28. The molecule has 5 aromatic carbocycles. The van der Waals surface area contributed by atoms with Crippen LogP contribution in [0.4, 0.5) is 0 Å². The highest BCUT2D eigenvalue weighted by Gasteiger charge is 2.22. The van der Waals surface area contributed by atoms with Crippen molar-refractivity contribution in [2.75, 3.05) is 0 Å². The molecule has 0 N–H and O–H groups in total. The molecule has 0 unspecified atom stereocenters. The van der Waals surface area contributed by atoms with Gasteiger partial charge in [-0.1, -0.05) is 60.7 Å². The average Bonchev–Trinajstić information content (AvgIpc) is 3.78. The van der Waals surface area contributed by atoms with Gasteiger partial charge in [-0.25, -0.2) is 4.98 Å². The summed E-state index contributed by atoms with van der Waals surface area (Å²) in [5.41, 5.74) is 9.03. The molecule has 0 saturated carbocycles. The lowest BCUT2D eigenvalue weighted by molar-refractivity contribution is 1.17. The minimum Gasteiger partial charge on any atom is -0.309 e. The molecular weight excluding hydrogens is 526 g/mol. The van der Waals surface area contributed by atoms with Gasteiger partial charge >= 0.3 is 0 Å². The highest BCUT2D eigenvalue weighted by molar-refractivity contribution is 6.29. The van der Waals surface area contributed by atoms with Crippen LogP contribution in [0.5, 0.6) is 0 Å². The highest BCUT2D eigenvalue weighted by atomic mass is 15.0. The lowest BCUT2D eigenvalue weighted by Crippen LogP contribution is -1.95. The van der Waals surface area contributed by atoms with E-state index in [1.807, 2.05) is 24.8 Å². The Morgan fingerprint density at radius 2 is 1.21 bits per heavy atom. The molecule has 10 aromatic rings. The van der Waals surface area contributed by atoms with Crippen LogP contribution in [0.3, 0.4) is 0 Å². The Morgan fingerprint density at radius 3 is 2.05 bits per heavy atom. The molecule has 0 aliphatic rings. The van der Waals surface area contributed by atoms with Crippen LogP contribution in [0.2, 0.25) is 0 Å². The number of pyridine rings is 2. The van der Waals surface area contributed by atoms with Crippen LogP contribution < -0.4 is 0 Å². The topological polar surface area (TPSA) is 40.1 Å². The molecule has 5 heterocycles. The van der Waals surface area contributed by atoms with Gasteiger partial charge in [0.25, 0.3) is 0 Å². The van der Waals surface area contributed by atoms with Crippen molar-refractivity contribution < 1.29 is 0 Å². The van der Waals surface area contributed by atoms with Gasteiger partial charge in [-0.2, -0.15) is 0 Å². The maximum Gasteiger partial charge on any atom is 0.145 e. The van der Waals surface area contributed by atoms with Gasteiger partial charge in [-0.15, -0.1) is 0 Å². The van der Waals surface area contributed by atoms with E-state index in [0.29, 0.717) is 0 Å². The van der Waals surface area contributed by atoms with Crippen molar-refractivity contribution >= 4 is 70.9 Å². The van der Waals surface area contributed by atoms with Gasteiger partial charge in [-0.05, 0) is 60.0 Å². The van der Waals surface area contributed by atoms with Crippen molar-refractivity contribution in [3.8, 4) is 11.4 Å². The molecule has 0 aliphatic carbocycles. The first-order chi connectivity index (χ1) is 21.4. The zero-order chi connectivity index (χ0) is 28.1. The number of nitrogens with zero attached hydrogens (tertiary/aromatic N) is 5. The molecular formula is C38H23N5. The van der Waals surface area contributed by atoms with E-state index in [1.165, 1.54) is 49.0 Å². The molecule has 10 rings (SSSR count). The Labute approximate surface area is 245 Å². The Bertz CT molecular complexity index is 2710. The molecule has 5 aromatic heterocycles. The van der Waals surface area contributed by atoms with E-state index in [2.05, 4.69) is 134 Å². The summed E-state index contributed by atoms with van der Waals surface area (Å²) in [7, 11) is 0. The standard InChI is InChI=1S/C38H23N5/c1-3-9-24(10-4-1)42-33-16-15-28-26-13-7-8-14-32(26)43(25-11-5-2-6-12-25)37(28)36(33)31-21-30-29(22-34(31)42)27-17-18-39-23-35(27)41-20-19-40-38(30)41/h1-23H. The van der Waals surface area contributed by atoms with Crippen molar-refractivity contribution in [2.45, 2.75) is 0 Å². The molecule has 200 valence electrons. The first kappa shape index (κ1) is 22.7. The van der Waals surface area contributed by atoms with Crippen molar-refractivity contribution in [1.82, 2.24) is 23.5 Å². The maximum atomic E-state index is 4.83. The molecule has 0 radical (unpaired) electrons. The summed E-state index contributed by atoms with van der Waals surface area (Å²) < 4.78 is 7.01. The highest BCUT2D eigenvalue weighted by Crippen LogP contribution is 2.44. The number of aromatic nitrogens is 5. The Balaban J connectivity index is 1.51. The van der Waals surface area contributed by atoms with Crippen LogP contribution in [-0.2, 0) is 0 Å². The lowest BCUT2D eigenvalue weighted by atomic mass is 10.0. The summed E-state index contributed by atoms with van der Waals surface area (Å²) in [5, 5.41) is 8.39. The van der Waals surface area contributed by atoms with Crippen LogP contribution in [0, 0.1) is 0 Å². The fraction of sp³-hybridized carbons (Fsp3) is 0. The number of fused-ring (bicyclic) bond motifs is 13. The first-order valence-electron chi connectivity index (χ1n) is 14.5. The molecule has 0 amide bonds. The zero-order valence-corrected chi connectivity index (χ0v) is 23.0. The monoisotopic (exact) mass is 549 g/mol. The Morgan fingerprint density at radius 1 is 0.465 bits per heavy atom. The summed E-state index contributed by atoms with van der Waals surface area (Å²) in [6.45, 7) is 0. The fourth-order valence-electron chi connectivity index (χ4n) is 7.21. The van der Waals surface area contributed by atoms with Gasteiger partial charge in [0.15, 0.2) is 0 Å². The molecule has 43 heavy (non-hydrogen) atoms. The van der Waals surface area contributed by atoms with Crippen LogP contribution >= 0.6 is 0 Å². The first-order valence-corrected chi connectivity index (χ1v) is 14.5. The van der Waals surface area contributed by atoms with Crippen LogP contribution in [0.15, 0.2) is 140 Å². The smallest absolute Gasteiger partial charge is 0.145 e. The summed E-state index contributed by atoms with van der Waals surface area (Å²) in [6, 6.07) is 41.6. The van der Waals surface area contributed by atoms with Gasteiger partial charge in [-0.3, -0.25) is 9.38 Å². The van der Waals surface area contributed by atoms with Crippen molar-refractivity contribution in [1.29, 1.82) is 0 Å². The van der Waals surface area contributed by atoms with Gasteiger partial charge in [0.05, 0.1) is 33.8 Å². The summed E-state index contributed by atoms with van der Waals surface area (Å²) in [6.07, 6.45) is 7.72. The molecule has 0 fully saturated rings. The second-order valence-corrected chi connectivity index (χ2v) is 11.1. The molecule has 0 bridgehead atoms. The number of hydrogen-bond acceptors (Lipinski definition) is 2. The van der Waals surface area contributed by atoms with E-state index in [9.17, 15) is 0 Å². The predicted molar refractivity (Wildman–Crippen MR) is 177 cm³/mol. The zero-order valence-electron chi connectivity index (χ0n) is 23.0. The third-order valence-corrected chi connectivity index (χ3v) is 8.96. The predicted octanol–water partition coefficient (Wildman–Crippen LogP) is 9.23. The molecule has 0 saturated heterocycles. The van der Waals surface area contributed by atoms with Crippen LogP contribution in [-0.4, -0.2) is 23.5 Å². The lowest BCUT2D eigenvalue weighted by Gasteiger charge is -2.10.